The second-order valence-corrected chi connectivity index (χ2v) is 5.34. The summed E-state index contributed by atoms with van der Waals surface area (Å²) in [5.74, 6) is 1.79. The third-order valence-corrected chi connectivity index (χ3v) is 4.08. The minimum Gasteiger partial charge on any atom is -0.370 e. The predicted molar refractivity (Wildman–Crippen MR) is 77.2 cm³/mol. The fraction of sp³-hybridized carbons (Fsp3) is 0.467. The first-order valence-corrected chi connectivity index (χ1v) is 6.95. The molecular formula is C15H20N4. The summed E-state index contributed by atoms with van der Waals surface area (Å²) < 4.78 is 2.18. The Bertz CT molecular complexity index is 573. The molecule has 3 heterocycles. The van der Waals surface area contributed by atoms with Crippen molar-refractivity contribution in [2.75, 3.05) is 11.9 Å². The number of nitrogens with one attached hydrogen (secondary N) is 1. The lowest BCUT2D eigenvalue weighted by Gasteiger charge is -2.31. The van der Waals surface area contributed by atoms with Gasteiger partial charge in [-0.3, -0.25) is 4.98 Å². The molecular weight excluding hydrogens is 236 g/mol. The number of pyridine rings is 1. The number of rotatable bonds is 2. The van der Waals surface area contributed by atoms with Crippen molar-refractivity contribution in [3.05, 3.63) is 30.1 Å². The van der Waals surface area contributed by atoms with Gasteiger partial charge in [0.05, 0.1) is 11.7 Å². The van der Waals surface area contributed by atoms with E-state index in [1.165, 1.54) is 11.4 Å². The van der Waals surface area contributed by atoms with Crippen molar-refractivity contribution in [2.24, 2.45) is 5.92 Å². The second kappa shape index (κ2) is 4.68. The topological polar surface area (TPSA) is 42.7 Å². The van der Waals surface area contributed by atoms with Crippen LogP contribution in [0.15, 0.2) is 24.5 Å². The Hall–Kier alpha value is -1.84. The number of anilines is 1. The summed E-state index contributed by atoms with van der Waals surface area (Å²) in [5, 5.41) is 8.37. The Kier molecular flexibility index (Phi) is 3.01. The average molecular weight is 256 g/mol. The molecule has 19 heavy (non-hydrogen) atoms. The lowest BCUT2D eigenvalue weighted by Crippen LogP contribution is -2.31. The van der Waals surface area contributed by atoms with Crippen LogP contribution in [0.2, 0.25) is 0 Å². The van der Waals surface area contributed by atoms with Gasteiger partial charge in [-0.25, -0.2) is 4.68 Å². The third-order valence-electron chi connectivity index (χ3n) is 4.08. The Balaban J connectivity index is 2.11. The Morgan fingerprint density at radius 1 is 1.37 bits per heavy atom. The van der Waals surface area contributed by atoms with Crippen molar-refractivity contribution < 1.29 is 0 Å². The highest BCUT2D eigenvalue weighted by Crippen LogP contribution is 2.36. The van der Waals surface area contributed by atoms with Crippen molar-refractivity contribution in [3.63, 3.8) is 0 Å². The van der Waals surface area contributed by atoms with Gasteiger partial charge in [-0.1, -0.05) is 13.8 Å². The minimum absolute atomic E-state index is 0.491. The first kappa shape index (κ1) is 12.2. The van der Waals surface area contributed by atoms with Crippen LogP contribution in [0.25, 0.3) is 11.3 Å². The highest BCUT2D eigenvalue weighted by atomic mass is 15.4. The molecule has 2 unspecified atom stereocenters. The molecule has 4 heteroatoms. The van der Waals surface area contributed by atoms with E-state index < -0.39 is 0 Å². The van der Waals surface area contributed by atoms with E-state index in [1.54, 1.807) is 0 Å². The molecule has 2 aromatic rings. The maximum Gasteiger partial charge on any atom is 0.128 e. The van der Waals surface area contributed by atoms with Crippen LogP contribution in [-0.2, 0) is 0 Å². The van der Waals surface area contributed by atoms with Gasteiger partial charge in [0.1, 0.15) is 5.82 Å². The van der Waals surface area contributed by atoms with E-state index in [0.717, 1.165) is 24.2 Å². The zero-order valence-electron chi connectivity index (χ0n) is 11.7. The largest absolute Gasteiger partial charge is 0.370 e. The number of aromatic nitrogens is 3. The van der Waals surface area contributed by atoms with Crippen molar-refractivity contribution in [2.45, 2.75) is 33.2 Å². The summed E-state index contributed by atoms with van der Waals surface area (Å²) >= 11 is 0. The maximum atomic E-state index is 4.85. The highest BCUT2D eigenvalue weighted by Gasteiger charge is 2.28. The van der Waals surface area contributed by atoms with Gasteiger partial charge >= 0.3 is 0 Å². The van der Waals surface area contributed by atoms with Gasteiger partial charge < -0.3 is 5.32 Å². The third kappa shape index (κ3) is 1.91. The summed E-state index contributed by atoms with van der Waals surface area (Å²) in [4.78, 5) is 4.08. The molecule has 1 aliphatic heterocycles. The second-order valence-electron chi connectivity index (χ2n) is 5.34. The van der Waals surface area contributed by atoms with Crippen LogP contribution in [-0.4, -0.2) is 21.3 Å². The zero-order valence-corrected chi connectivity index (χ0v) is 11.7. The quantitative estimate of drug-likeness (QED) is 0.896. The molecule has 0 radical (unpaired) electrons. The van der Waals surface area contributed by atoms with E-state index in [0.29, 0.717) is 12.0 Å². The molecule has 0 bridgehead atoms. The van der Waals surface area contributed by atoms with Gasteiger partial charge in [-0.2, -0.15) is 5.10 Å². The minimum atomic E-state index is 0.491. The van der Waals surface area contributed by atoms with Crippen LogP contribution >= 0.6 is 0 Å². The number of hydrogen-bond acceptors (Lipinski definition) is 3. The van der Waals surface area contributed by atoms with Crippen molar-refractivity contribution >= 4 is 5.82 Å². The first-order valence-electron chi connectivity index (χ1n) is 6.95. The van der Waals surface area contributed by atoms with Crippen molar-refractivity contribution in [1.82, 2.24) is 14.8 Å². The standard InChI is InChI=1S/C15H20N4/c1-4-13-10(2)9-17-15-11(3)14(18-19(13)15)12-5-7-16-8-6-12/h5-8,10,13,17H,4,9H2,1-3H3. The summed E-state index contributed by atoms with van der Waals surface area (Å²) in [5.41, 5.74) is 3.44. The van der Waals surface area contributed by atoms with Gasteiger partial charge in [0, 0.05) is 30.1 Å². The van der Waals surface area contributed by atoms with Crippen LogP contribution in [0.1, 0.15) is 31.9 Å². The number of nitrogens with zero attached hydrogens (tertiary/aromatic N) is 3. The average Bonchev–Trinajstić information content (AvgIpc) is 2.77. The molecule has 2 aromatic heterocycles. The molecule has 0 saturated carbocycles. The van der Waals surface area contributed by atoms with Gasteiger partial charge in [-0.05, 0) is 31.4 Å². The summed E-state index contributed by atoms with van der Waals surface area (Å²) in [6.45, 7) is 7.69. The fourth-order valence-electron chi connectivity index (χ4n) is 2.96. The van der Waals surface area contributed by atoms with E-state index in [4.69, 9.17) is 5.10 Å². The van der Waals surface area contributed by atoms with E-state index in [9.17, 15) is 0 Å². The van der Waals surface area contributed by atoms with Crippen LogP contribution in [0.5, 0.6) is 0 Å². The monoisotopic (exact) mass is 256 g/mol. The van der Waals surface area contributed by atoms with Crippen molar-refractivity contribution in [3.8, 4) is 11.3 Å². The summed E-state index contributed by atoms with van der Waals surface area (Å²) in [6.07, 6.45) is 4.76. The molecule has 0 saturated heterocycles. The fourth-order valence-corrected chi connectivity index (χ4v) is 2.96. The molecule has 0 spiro atoms. The van der Waals surface area contributed by atoms with Crippen LogP contribution in [0, 0.1) is 12.8 Å². The molecule has 4 nitrogen and oxygen atoms in total. The molecule has 1 aliphatic rings. The normalized spacial score (nSPS) is 21.8. The molecule has 0 aromatic carbocycles. The van der Waals surface area contributed by atoms with Crippen molar-refractivity contribution in [1.29, 1.82) is 0 Å². The van der Waals surface area contributed by atoms with E-state index in [1.807, 2.05) is 24.5 Å². The van der Waals surface area contributed by atoms with Crippen LogP contribution < -0.4 is 5.32 Å². The van der Waals surface area contributed by atoms with Gasteiger partial charge in [-0.15, -0.1) is 0 Å². The number of fused-ring (bicyclic) bond motifs is 1. The smallest absolute Gasteiger partial charge is 0.128 e. The van der Waals surface area contributed by atoms with Crippen LogP contribution in [0.4, 0.5) is 5.82 Å². The Morgan fingerprint density at radius 2 is 2.11 bits per heavy atom. The molecule has 2 atom stereocenters. The summed E-state index contributed by atoms with van der Waals surface area (Å²) in [6, 6.07) is 4.53. The van der Waals surface area contributed by atoms with Gasteiger partial charge in [0.25, 0.3) is 0 Å². The van der Waals surface area contributed by atoms with E-state index in [2.05, 4.69) is 35.8 Å². The lowest BCUT2D eigenvalue weighted by molar-refractivity contribution is 0.313. The molecule has 0 amide bonds. The molecule has 0 aliphatic carbocycles. The molecule has 0 fully saturated rings. The molecule has 3 rings (SSSR count). The zero-order chi connectivity index (χ0) is 13.4. The molecule has 1 N–H and O–H groups in total. The lowest BCUT2D eigenvalue weighted by atomic mass is 9.97. The van der Waals surface area contributed by atoms with E-state index >= 15 is 0 Å². The first-order chi connectivity index (χ1) is 9.22. The van der Waals surface area contributed by atoms with E-state index in [-0.39, 0.29) is 0 Å². The van der Waals surface area contributed by atoms with Gasteiger partial charge in [0.15, 0.2) is 0 Å². The Morgan fingerprint density at radius 3 is 2.79 bits per heavy atom. The Labute approximate surface area is 113 Å². The SMILES string of the molecule is CCC1C(C)CNc2c(C)c(-c3ccncc3)nn21. The number of hydrogen-bond donors (Lipinski definition) is 1. The molecule has 100 valence electrons. The maximum absolute atomic E-state index is 4.85. The summed E-state index contributed by atoms with van der Waals surface area (Å²) in [7, 11) is 0. The highest BCUT2D eigenvalue weighted by molar-refractivity contribution is 5.69. The van der Waals surface area contributed by atoms with Crippen LogP contribution in [0.3, 0.4) is 0 Å². The van der Waals surface area contributed by atoms with Gasteiger partial charge in [0.2, 0.25) is 0 Å². The predicted octanol–water partition coefficient (Wildman–Crippen LogP) is 3.27.